The van der Waals surface area contributed by atoms with E-state index in [4.69, 9.17) is 11.6 Å². The molecule has 0 amide bonds. The molecule has 1 aliphatic heterocycles. The van der Waals surface area contributed by atoms with E-state index in [0.29, 0.717) is 11.9 Å². The SMILES string of the molecule is Cc1cc(Br)ccc1Nc1nc(Cl)nc(N2CCCC2)n1. The molecule has 2 heterocycles. The summed E-state index contributed by atoms with van der Waals surface area (Å²) in [6.45, 7) is 3.96. The van der Waals surface area contributed by atoms with Gasteiger partial charge in [-0.05, 0) is 55.1 Å². The summed E-state index contributed by atoms with van der Waals surface area (Å²) in [6, 6.07) is 5.98. The van der Waals surface area contributed by atoms with Crippen LogP contribution in [0.5, 0.6) is 0 Å². The smallest absolute Gasteiger partial charge is 0.233 e. The van der Waals surface area contributed by atoms with Gasteiger partial charge >= 0.3 is 0 Å². The van der Waals surface area contributed by atoms with Crippen LogP contribution >= 0.6 is 27.5 Å². The zero-order valence-electron chi connectivity index (χ0n) is 11.6. The van der Waals surface area contributed by atoms with E-state index in [1.165, 1.54) is 0 Å². The van der Waals surface area contributed by atoms with E-state index in [0.717, 1.165) is 41.7 Å². The lowest BCUT2D eigenvalue weighted by molar-refractivity contribution is 0.883. The molecule has 1 aromatic carbocycles. The number of nitrogens with zero attached hydrogens (tertiary/aromatic N) is 4. The Bertz CT molecular complexity index is 658. The number of aryl methyl sites for hydroxylation is 1. The van der Waals surface area contributed by atoms with Gasteiger partial charge in [0.2, 0.25) is 17.2 Å². The largest absolute Gasteiger partial charge is 0.341 e. The Balaban J connectivity index is 1.87. The molecule has 3 rings (SSSR count). The molecular weight excluding hydrogens is 354 g/mol. The molecule has 0 radical (unpaired) electrons. The fourth-order valence-corrected chi connectivity index (χ4v) is 2.97. The molecule has 0 aliphatic carbocycles. The van der Waals surface area contributed by atoms with Crippen LogP contribution in [0.2, 0.25) is 5.28 Å². The van der Waals surface area contributed by atoms with Crippen LogP contribution in [0.3, 0.4) is 0 Å². The Morgan fingerprint density at radius 3 is 2.67 bits per heavy atom. The highest BCUT2D eigenvalue weighted by molar-refractivity contribution is 9.10. The number of halogens is 2. The van der Waals surface area contributed by atoms with Crippen molar-refractivity contribution in [1.29, 1.82) is 0 Å². The highest BCUT2D eigenvalue weighted by Crippen LogP contribution is 2.24. The lowest BCUT2D eigenvalue weighted by Crippen LogP contribution is -2.21. The van der Waals surface area contributed by atoms with E-state index < -0.39 is 0 Å². The van der Waals surface area contributed by atoms with Crippen molar-refractivity contribution < 1.29 is 0 Å². The molecular formula is C14H15BrClN5. The lowest BCUT2D eigenvalue weighted by Gasteiger charge is -2.16. The Kier molecular flexibility index (Phi) is 4.26. The molecule has 1 aliphatic rings. The van der Waals surface area contributed by atoms with Crippen molar-refractivity contribution in [2.45, 2.75) is 19.8 Å². The van der Waals surface area contributed by atoms with Crippen LogP contribution in [0.4, 0.5) is 17.6 Å². The Labute approximate surface area is 136 Å². The molecule has 21 heavy (non-hydrogen) atoms. The summed E-state index contributed by atoms with van der Waals surface area (Å²) in [4.78, 5) is 15.0. The number of anilines is 3. The average molecular weight is 369 g/mol. The summed E-state index contributed by atoms with van der Waals surface area (Å²) in [6.07, 6.45) is 2.33. The average Bonchev–Trinajstić information content (AvgIpc) is 2.95. The Hall–Kier alpha value is -1.40. The van der Waals surface area contributed by atoms with Gasteiger partial charge in [0.15, 0.2) is 0 Å². The number of hydrogen-bond donors (Lipinski definition) is 1. The predicted molar refractivity (Wildman–Crippen MR) is 88.4 cm³/mol. The summed E-state index contributed by atoms with van der Waals surface area (Å²) >= 11 is 9.48. The van der Waals surface area contributed by atoms with Gasteiger partial charge in [-0.15, -0.1) is 0 Å². The second-order valence-corrected chi connectivity index (χ2v) is 6.26. The summed E-state index contributed by atoms with van der Waals surface area (Å²) in [5.41, 5.74) is 2.05. The molecule has 1 aromatic heterocycles. The first kappa shape index (κ1) is 14.5. The summed E-state index contributed by atoms with van der Waals surface area (Å²) in [7, 11) is 0. The van der Waals surface area contributed by atoms with Crippen LogP contribution in [0, 0.1) is 6.92 Å². The van der Waals surface area contributed by atoms with Crippen LogP contribution in [0.25, 0.3) is 0 Å². The lowest BCUT2D eigenvalue weighted by atomic mass is 10.2. The maximum absolute atomic E-state index is 6.02. The quantitative estimate of drug-likeness (QED) is 0.889. The number of benzene rings is 1. The van der Waals surface area contributed by atoms with Crippen molar-refractivity contribution in [2.24, 2.45) is 0 Å². The van der Waals surface area contributed by atoms with E-state index in [1.807, 2.05) is 25.1 Å². The first-order valence-electron chi connectivity index (χ1n) is 6.81. The summed E-state index contributed by atoms with van der Waals surface area (Å²) in [5.74, 6) is 1.12. The molecule has 5 nitrogen and oxygen atoms in total. The fraction of sp³-hybridized carbons (Fsp3) is 0.357. The van der Waals surface area contributed by atoms with Crippen LogP contribution in [-0.4, -0.2) is 28.0 Å². The molecule has 7 heteroatoms. The first-order chi connectivity index (χ1) is 10.1. The van der Waals surface area contributed by atoms with Crippen molar-refractivity contribution in [3.8, 4) is 0 Å². The van der Waals surface area contributed by atoms with Gasteiger partial charge in [0.1, 0.15) is 0 Å². The second kappa shape index (κ2) is 6.15. The van der Waals surface area contributed by atoms with Gasteiger partial charge in [0, 0.05) is 23.2 Å². The van der Waals surface area contributed by atoms with E-state index in [-0.39, 0.29) is 5.28 Å². The van der Waals surface area contributed by atoms with Gasteiger partial charge in [-0.25, -0.2) is 0 Å². The zero-order chi connectivity index (χ0) is 14.8. The van der Waals surface area contributed by atoms with Gasteiger partial charge < -0.3 is 10.2 Å². The zero-order valence-corrected chi connectivity index (χ0v) is 13.9. The van der Waals surface area contributed by atoms with E-state index >= 15 is 0 Å². The number of nitrogens with one attached hydrogen (secondary N) is 1. The first-order valence-corrected chi connectivity index (χ1v) is 7.98. The molecule has 0 atom stereocenters. The highest BCUT2D eigenvalue weighted by atomic mass is 79.9. The van der Waals surface area contributed by atoms with Crippen LogP contribution < -0.4 is 10.2 Å². The maximum Gasteiger partial charge on any atom is 0.233 e. The number of rotatable bonds is 3. The van der Waals surface area contributed by atoms with Crippen LogP contribution in [0.1, 0.15) is 18.4 Å². The van der Waals surface area contributed by atoms with Crippen molar-refractivity contribution in [3.63, 3.8) is 0 Å². The maximum atomic E-state index is 6.02. The van der Waals surface area contributed by atoms with E-state index in [2.05, 4.69) is 41.1 Å². The van der Waals surface area contributed by atoms with Crippen molar-refractivity contribution in [2.75, 3.05) is 23.3 Å². The van der Waals surface area contributed by atoms with Gasteiger partial charge in [-0.1, -0.05) is 15.9 Å². The number of hydrogen-bond acceptors (Lipinski definition) is 5. The second-order valence-electron chi connectivity index (χ2n) is 5.01. The van der Waals surface area contributed by atoms with Gasteiger partial charge in [0.25, 0.3) is 0 Å². The molecule has 2 aromatic rings. The van der Waals surface area contributed by atoms with Crippen molar-refractivity contribution >= 4 is 45.1 Å². The van der Waals surface area contributed by atoms with Crippen molar-refractivity contribution in [1.82, 2.24) is 15.0 Å². The highest BCUT2D eigenvalue weighted by Gasteiger charge is 2.17. The minimum Gasteiger partial charge on any atom is -0.341 e. The van der Waals surface area contributed by atoms with Crippen molar-refractivity contribution in [3.05, 3.63) is 33.5 Å². The summed E-state index contributed by atoms with van der Waals surface area (Å²) < 4.78 is 1.04. The molecule has 1 fully saturated rings. The molecule has 110 valence electrons. The fourth-order valence-electron chi connectivity index (χ4n) is 2.34. The Morgan fingerprint density at radius 1 is 1.19 bits per heavy atom. The summed E-state index contributed by atoms with van der Waals surface area (Å²) in [5, 5.41) is 3.42. The minimum absolute atomic E-state index is 0.212. The topological polar surface area (TPSA) is 53.9 Å². The van der Waals surface area contributed by atoms with E-state index in [9.17, 15) is 0 Å². The molecule has 0 bridgehead atoms. The molecule has 1 N–H and O–H groups in total. The third-order valence-electron chi connectivity index (χ3n) is 3.42. The molecule has 1 saturated heterocycles. The molecule has 0 unspecified atom stereocenters. The van der Waals surface area contributed by atoms with Gasteiger partial charge in [0.05, 0.1) is 0 Å². The van der Waals surface area contributed by atoms with Crippen LogP contribution in [0.15, 0.2) is 22.7 Å². The van der Waals surface area contributed by atoms with E-state index in [1.54, 1.807) is 0 Å². The standard InChI is InChI=1S/C14H15BrClN5/c1-9-8-10(15)4-5-11(9)17-13-18-12(16)19-14(20-13)21-6-2-3-7-21/h4-5,8H,2-3,6-7H2,1H3,(H,17,18,19,20). The Morgan fingerprint density at radius 2 is 1.95 bits per heavy atom. The molecule has 0 spiro atoms. The normalized spacial score (nSPS) is 14.5. The monoisotopic (exact) mass is 367 g/mol. The van der Waals surface area contributed by atoms with Gasteiger partial charge in [-0.2, -0.15) is 15.0 Å². The van der Waals surface area contributed by atoms with Crippen LogP contribution in [-0.2, 0) is 0 Å². The molecule has 0 saturated carbocycles. The third-order valence-corrected chi connectivity index (χ3v) is 4.08. The number of aromatic nitrogens is 3. The van der Waals surface area contributed by atoms with Gasteiger partial charge in [-0.3, -0.25) is 0 Å². The predicted octanol–water partition coefficient (Wildman–Crippen LogP) is 3.94. The third kappa shape index (κ3) is 3.44. The minimum atomic E-state index is 0.212.